The monoisotopic (exact) mass is 304 g/mol. The molecule has 0 atom stereocenters. The molecule has 2 rings (SSSR count). The number of ether oxygens (including phenoxy) is 1. The molecule has 1 fully saturated rings. The van der Waals surface area contributed by atoms with E-state index in [2.05, 4.69) is 5.16 Å². The van der Waals surface area contributed by atoms with Crippen molar-refractivity contribution in [2.24, 2.45) is 5.16 Å². The van der Waals surface area contributed by atoms with Crippen molar-refractivity contribution in [1.29, 1.82) is 0 Å². The first-order valence-electron chi connectivity index (χ1n) is 7.36. The minimum atomic E-state index is -0.600. The Kier molecular flexibility index (Phi) is 6.09. The Morgan fingerprint density at radius 3 is 2.55 bits per heavy atom. The van der Waals surface area contributed by atoms with Gasteiger partial charge in [0.15, 0.2) is 0 Å². The number of benzene rings is 1. The largest absolute Gasteiger partial charge is 0.391 e. The maximum Gasteiger partial charge on any atom is 0.296 e. The van der Waals surface area contributed by atoms with Crippen molar-refractivity contribution in [1.82, 2.24) is 4.90 Å². The number of carbonyl (C=O) groups excluding carboxylic acids is 2. The van der Waals surface area contributed by atoms with E-state index in [9.17, 15) is 9.59 Å². The Bertz CT molecular complexity index is 536. The Balaban J connectivity index is 1.92. The van der Waals surface area contributed by atoms with E-state index in [1.165, 1.54) is 4.90 Å². The van der Waals surface area contributed by atoms with Gasteiger partial charge in [-0.05, 0) is 12.0 Å². The van der Waals surface area contributed by atoms with Crippen LogP contribution in [0.15, 0.2) is 35.5 Å². The third-order valence-corrected chi connectivity index (χ3v) is 3.34. The molecule has 1 aliphatic heterocycles. The van der Waals surface area contributed by atoms with Gasteiger partial charge in [-0.3, -0.25) is 9.59 Å². The summed E-state index contributed by atoms with van der Waals surface area (Å²) >= 11 is 0. The molecule has 0 aliphatic carbocycles. The third kappa shape index (κ3) is 4.39. The Hall–Kier alpha value is -2.21. The predicted octanol–water partition coefficient (Wildman–Crippen LogP) is 1.40. The van der Waals surface area contributed by atoms with Crippen molar-refractivity contribution in [2.45, 2.75) is 20.0 Å². The summed E-state index contributed by atoms with van der Waals surface area (Å²) in [6.07, 6.45) is 0.351. The van der Waals surface area contributed by atoms with E-state index in [1.54, 1.807) is 6.92 Å². The molecule has 6 heteroatoms. The van der Waals surface area contributed by atoms with Gasteiger partial charge in [0, 0.05) is 13.1 Å². The average molecular weight is 304 g/mol. The zero-order chi connectivity index (χ0) is 15.8. The van der Waals surface area contributed by atoms with Gasteiger partial charge in [-0.2, -0.15) is 0 Å². The number of ketones is 1. The number of rotatable bonds is 6. The molecule has 1 saturated heterocycles. The second-order valence-corrected chi connectivity index (χ2v) is 4.88. The quantitative estimate of drug-likeness (QED) is 0.452. The van der Waals surface area contributed by atoms with E-state index in [-0.39, 0.29) is 12.3 Å². The van der Waals surface area contributed by atoms with Crippen LogP contribution in [0.1, 0.15) is 18.9 Å². The molecule has 118 valence electrons. The van der Waals surface area contributed by atoms with Crippen LogP contribution in [0.4, 0.5) is 0 Å². The summed E-state index contributed by atoms with van der Waals surface area (Å²) in [6.45, 7) is 3.84. The van der Waals surface area contributed by atoms with Gasteiger partial charge in [-0.15, -0.1) is 0 Å². The van der Waals surface area contributed by atoms with Crippen LogP contribution in [-0.4, -0.2) is 48.6 Å². The second-order valence-electron chi connectivity index (χ2n) is 4.88. The number of morpholine rings is 1. The van der Waals surface area contributed by atoms with Crippen molar-refractivity contribution in [3.63, 3.8) is 0 Å². The fourth-order valence-corrected chi connectivity index (χ4v) is 2.06. The standard InChI is InChI=1S/C16H20N2O4/c1-2-14(17-22-12-13-6-4-3-5-7-13)15(19)16(20)18-8-10-21-11-9-18/h3-7H,2,8-12H2,1H3. The highest BCUT2D eigenvalue weighted by atomic mass is 16.6. The lowest BCUT2D eigenvalue weighted by molar-refractivity contribution is -0.144. The minimum Gasteiger partial charge on any atom is -0.391 e. The zero-order valence-corrected chi connectivity index (χ0v) is 12.7. The molecule has 0 N–H and O–H groups in total. The molecule has 1 aromatic rings. The predicted molar refractivity (Wildman–Crippen MR) is 81.4 cm³/mol. The molecule has 6 nitrogen and oxygen atoms in total. The number of Topliss-reactive ketones (excluding diaryl/α,β-unsaturated/α-hetero) is 1. The minimum absolute atomic E-state index is 0.146. The Labute approximate surface area is 129 Å². The average Bonchev–Trinajstić information content (AvgIpc) is 2.59. The topological polar surface area (TPSA) is 68.2 Å². The van der Waals surface area contributed by atoms with Crippen molar-refractivity contribution in [3.05, 3.63) is 35.9 Å². The molecular formula is C16H20N2O4. The van der Waals surface area contributed by atoms with Gasteiger partial charge in [0.25, 0.3) is 11.7 Å². The molecular weight excluding hydrogens is 284 g/mol. The summed E-state index contributed by atoms with van der Waals surface area (Å²) in [5, 5.41) is 3.84. The molecule has 0 bridgehead atoms. The summed E-state index contributed by atoms with van der Waals surface area (Å²) < 4.78 is 5.17. The summed E-state index contributed by atoms with van der Waals surface area (Å²) in [5.41, 5.74) is 1.10. The van der Waals surface area contributed by atoms with Gasteiger partial charge in [0.05, 0.1) is 13.2 Å². The SMILES string of the molecule is CCC(=NOCc1ccccc1)C(=O)C(=O)N1CCOCC1. The molecule has 1 amide bonds. The lowest BCUT2D eigenvalue weighted by Gasteiger charge is -2.26. The smallest absolute Gasteiger partial charge is 0.296 e. The van der Waals surface area contributed by atoms with E-state index in [0.29, 0.717) is 32.7 Å². The molecule has 0 unspecified atom stereocenters. The van der Waals surface area contributed by atoms with E-state index in [1.807, 2.05) is 30.3 Å². The number of carbonyl (C=O) groups is 2. The van der Waals surface area contributed by atoms with Crippen LogP contribution < -0.4 is 0 Å². The van der Waals surface area contributed by atoms with Crippen LogP contribution in [0.5, 0.6) is 0 Å². The summed E-state index contributed by atoms with van der Waals surface area (Å²) in [5.74, 6) is -1.13. The van der Waals surface area contributed by atoms with Crippen LogP contribution in [0.3, 0.4) is 0 Å². The van der Waals surface area contributed by atoms with E-state index >= 15 is 0 Å². The molecule has 0 spiro atoms. The van der Waals surface area contributed by atoms with Gasteiger partial charge in [-0.25, -0.2) is 0 Å². The Morgan fingerprint density at radius 2 is 1.91 bits per heavy atom. The summed E-state index contributed by atoms with van der Waals surface area (Å²) in [4.78, 5) is 31.0. The van der Waals surface area contributed by atoms with Crippen LogP contribution in [0, 0.1) is 0 Å². The summed E-state index contributed by atoms with van der Waals surface area (Å²) in [7, 11) is 0. The first kappa shape index (κ1) is 16.2. The van der Waals surface area contributed by atoms with Crippen LogP contribution >= 0.6 is 0 Å². The number of hydrogen-bond acceptors (Lipinski definition) is 5. The van der Waals surface area contributed by atoms with Gasteiger partial charge < -0.3 is 14.5 Å². The fraction of sp³-hybridized carbons (Fsp3) is 0.438. The van der Waals surface area contributed by atoms with Crippen LogP contribution in [-0.2, 0) is 25.8 Å². The second kappa shape index (κ2) is 8.29. The Morgan fingerprint density at radius 1 is 1.23 bits per heavy atom. The molecule has 22 heavy (non-hydrogen) atoms. The number of amides is 1. The van der Waals surface area contributed by atoms with Gasteiger partial charge in [0.1, 0.15) is 12.3 Å². The highest BCUT2D eigenvalue weighted by Gasteiger charge is 2.27. The van der Waals surface area contributed by atoms with Gasteiger partial charge in [-0.1, -0.05) is 42.4 Å². The van der Waals surface area contributed by atoms with Gasteiger partial charge >= 0.3 is 0 Å². The molecule has 1 aliphatic rings. The fourth-order valence-electron chi connectivity index (χ4n) is 2.06. The lowest BCUT2D eigenvalue weighted by atomic mass is 10.1. The normalized spacial score (nSPS) is 15.5. The molecule has 0 radical (unpaired) electrons. The highest BCUT2D eigenvalue weighted by molar-refractivity contribution is 6.64. The first-order valence-corrected chi connectivity index (χ1v) is 7.36. The molecule has 0 saturated carbocycles. The first-order chi connectivity index (χ1) is 10.7. The van der Waals surface area contributed by atoms with Crippen molar-refractivity contribution in [2.75, 3.05) is 26.3 Å². The molecule has 1 aromatic carbocycles. The van der Waals surface area contributed by atoms with E-state index < -0.39 is 11.7 Å². The maximum absolute atomic E-state index is 12.2. The number of oxime groups is 1. The van der Waals surface area contributed by atoms with Crippen LogP contribution in [0.2, 0.25) is 0 Å². The molecule has 1 heterocycles. The number of hydrogen-bond donors (Lipinski definition) is 0. The van der Waals surface area contributed by atoms with Gasteiger partial charge in [0.2, 0.25) is 0 Å². The van der Waals surface area contributed by atoms with Crippen LogP contribution in [0.25, 0.3) is 0 Å². The highest BCUT2D eigenvalue weighted by Crippen LogP contribution is 2.04. The maximum atomic E-state index is 12.2. The third-order valence-electron chi connectivity index (χ3n) is 3.34. The van der Waals surface area contributed by atoms with Crippen molar-refractivity contribution >= 4 is 17.4 Å². The number of nitrogens with zero attached hydrogens (tertiary/aromatic N) is 2. The molecule has 0 aromatic heterocycles. The lowest BCUT2D eigenvalue weighted by Crippen LogP contribution is -2.45. The van der Waals surface area contributed by atoms with Crippen molar-refractivity contribution < 1.29 is 19.2 Å². The zero-order valence-electron chi connectivity index (χ0n) is 12.7. The van der Waals surface area contributed by atoms with E-state index in [0.717, 1.165) is 5.56 Å². The van der Waals surface area contributed by atoms with Crippen molar-refractivity contribution in [3.8, 4) is 0 Å². The summed E-state index contributed by atoms with van der Waals surface area (Å²) in [6, 6.07) is 9.52. The van der Waals surface area contributed by atoms with E-state index in [4.69, 9.17) is 9.57 Å².